The maximum absolute atomic E-state index is 12.7. The van der Waals surface area contributed by atoms with Crippen LogP contribution in [0.1, 0.15) is 42.1 Å². The molecule has 0 atom stereocenters. The van der Waals surface area contributed by atoms with Crippen LogP contribution in [0.25, 0.3) is 12.2 Å². The molecule has 0 bridgehead atoms. The van der Waals surface area contributed by atoms with Crippen LogP contribution in [-0.2, 0) is 17.6 Å². The van der Waals surface area contributed by atoms with E-state index in [0.29, 0.717) is 17.7 Å². The first-order valence-corrected chi connectivity index (χ1v) is 10.3. The molecule has 2 aromatic carbocycles. The molecule has 0 radical (unpaired) electrons. The van der Waals surface area contributed by atoms with Crippen LogP contribution in [0.5, 0.6) is 0 Å². The van der Waals surface area contributed by atoms with Crippen molar-refractivity contribution in [1.29, 1.82) is 0 Å². The van der Waals surface area contributed by atoms with Gasteiger partial charge in [0.05, 0.1) is 10.6 Å². The zero-order valence-electron chi connectivity index (χ0n) is 17.7. The number of hydrogen-bond acceptors (Lipinski definition) is 5. The second kappa shape index (κ2) is 10.8. The third-order valence-electron chi connectivity index (χ3n) is 4.86. The highest BCUT2D eigenvalue weighted by Crippen LogP contribution is 2.16. The van der Waals surface area contributed by atoms with Gasteiger partial charge >= 0.3 is 0 Å². The van der Waals surface area contributed by atoms with E-state index in [-0.39, 0.29) is 23.1 Å². The molecule has 8 heteroatoms. The van der Waals surface area contributed by atoms with Gasteiger partial charge in [-0.25, -0.2) is 4.98 Å². The second-order valence-electron chi connectivity index (χ2n) is 7.33. The molecule has 2 N–H and O–H groups in total. The number of anilines is 1. The zero-order valence-corrected chi connectivity index (χ0v) is 17.7. The van der Waals surface area contributed by atoms with Gasteiger partial charge in [-0.3, -0.25) is 30.0 Å². The van der Waals surface area contributed by atoms with E-state index in [1.165, 1.54) is 24.6 Å². The maximum atomic E-state index is 12.7. The molecule has 0 saturated heterocycles. The smallest absolute Gasteiger partial charge is 0.269 e. The summed E-state index contributed by atoms with van der Waals surface area (Å²) in [4.78, 5) is 41.4. The van der Waals surface area contributed by atoms with Gasteiger partial charge in [0.1, 0.15) is 0 Å². The van der Waals surface area contributed by atoms with Crippen molar-refractivity contribution in [2.45, 2.75) is 32.6 Å². The number of H-pyrrole nitrogens is 1. The van der Waals surface area contributed by atoms with Gasteiger partial charge in [0, 0.05) is 24.6 Å². The van der Waals surface area contributed by atoms with Gasteiger partial charge in [-0.1, -0.05) is 36.4 Å². The topological polar surface area (TPSA) is 118 Å². The minimum atomic E-state index is -0.459. The number of hydrogen-bond donors (Lipinski definition) is 2. The SMILES string of the molecule is CC(=O)Nc1nc(/C=C\c2ccc([N+](=O)[O-])cc2)c(CCCCc2ccccc2)c(=O)[nH]1. The van der Waals surface area contributed by atoms with Crippen LogP contribution >= 0.6 is 0 Å². The largest absolute Gasteiger partial charge is 0.296 e. The number of aryl methyl sites for hydroxylation is 1. The molecule has 0 unspecified atom stereocenters. The molecule has 3 aromatic rings. The Bertz CT molecular complexity index is 1170. The van der Waals surface area contributed by atoms with Crippen LogP contribution in [0.4, 0.5) is 11.6 Å². The van der Waals surface area contributed by atoms with Gasteiger partial charge < -0.3 is 0 Å². The number of amides is 1. The molecule has 0 aliphatic heterocycles. The molecule has 0 saturated carbocycles. The molecule has 1 heterocycles. The molecular formula is C24H24N4O4. The number of benzene rings is 2. The molecule has 0 aliphatic carbocycles. The molecule has 0 fully saturated rings. The van der Waals surface area contributed by atoms with E-state index in [9.17, 15) is 19.7 Å². The summed E-state index contributed by atoms with van der Waals surface area (Å²) in [6, 6.07) is 16.2. The van der Waals surface area contributed by atoms with E-state index >= 15 is 0 Å². The van der Waals surface area contributed by atoms with Crippen LogP contribution in [0.15, 0.2) is 59.4 Å². The van der Waals surface area contributed by atoms with Crippen LogP contribution in [0.3, 0.4) is 0 Å². The predicted molar refractivity (Wildman–Crippen MR) is 124 cm³/mol. The molecule has 0 aliphatic rings. The van der Waals surface area contributed by atoms with E-state index < -0.39 is 4.92 Å². The van der Waals surface area contributed by atoms with Crippen molar-refractivity contribution in [3.8, 4) is 0 Å². The van der Waals surface area contributed by atoms with Gasteiger partial charge in [0.15, 0.2) is 0 Å². The third kappa shape index (κ3) is 6.46. The number of nitrogens with zero attached hydrogens (tertiary/aromatic N) is 2. The summed E-state index contributed by atoms with van der Waals surface area (Å²) in [5.41, 5.74) is 2.67. The van der Waals surface area contributed by atoms with Crippen LogP contribution < -0.4 is 10.9 Å². The van der Waals surface area contributed by atoms with Crippen molar-refractivity contribution in [3.05, 3.63) is 97.4 Å². The third-order valence-corrected chi connectivity index (χ3v) is 4.86. The summed E-state index contributed by atoms with van der Waals surface area (Å²) in [6.07, 6.45) is 6.60. The van der Waals surface area contributed by atoms with Crippen LogP contribution in [0.2, 0.25) is 0 Å². The van der Waals surface area contributed by atoms with Crippen molar-refractivity contribution in [2.75, 3.05) is 5.32 Å². The number of unbranched alkanes of at least 4 members (excludes halogenated alkanes) is 1. The lowest BCUT2D eigenvalue weighted by Crippen LogP contribution is -2.21. The fourth-order valence-corrected chi connectivity index (χ4v) is 3.28. The monoisotopic (exact) mass is 432 g/mol. The Kier molecular flexibility index (Phi) is 7.64. The van der Waals surface area contributed by atoms with E-state index in [2.05, 4.69) is 27.4 Å². The average Bonchev–Trinajstić information content (AvgIpc) is 2.77. The minimum Gasteiger partial charge on any atom is -0.296 e. The van der Waals surface area contributed by atoms with Gasteiger partial charge in [0.2, 0.25) is 11.9 Å². The van der Waals surface area contributed by atoms with Crippen molar-refractivity contribution >= 4 is 29.7 Å². The number of non-ortho nitro benzene ring substituents is 1. The standard InChI is InChI=1S/C24H24N4O4/c1-17(29)25-24-26-22(16-13-19-11-14-20(15-12-19)28(31)32)21(23(30)27-24)10-6-5-9-18-7-3-2-4-8-18/h2-4,7-8,11-16H,5-6,9-10H2,1H3,(H2,25,26,27,29,30)/b16-13-. The summed E-state index contributed by atoms with van der Waals surface area (Å²) >= 11 is 0. The van der Waals surface area contributed by atoms with E-state index in [4.69, 9.17) is 0 Å². The normalized spacial score (nSPS) is 10.9. The molecule has 8 nitrogen and oxygen atoms in total. The maximum Gasteiger partial charge on any atom is 0.269 e. The van der Waals surface area contributed by atoms with Crippen molar-refractivity contribution in [2.24, 2.45) is 0 Å². The van der Waals surface area contributed by atoms with Crippen LogP contribution in [0, 0.1) is 10.1 Å². The summed E-state index contributed by atoms with van der Waals surface area (Å²) in [5.74, 6) is -0.257. The fraction of sp³-hybridized carbons (Fsp3) is 0.208. The molecule has 1 amide bonds. The number of aromatic amines is 1. The highest BCUT2D eigenvalue weighted by Gasteiger charge is 2.11. The fourth-order valence-electron chi connectivity index (χ4n) is 3.28. The number of aromatic nitrogens is 2. The summed E-state index contributed by atoms with van der Waals surface area (Å²) in [7, 11) is 0. The van der Waals surface area contributed by atoms with Gasteiger partial charge in [0.25, 0.3) is 11.2 Å². The summed E-state index contributed by atoms with van der Waals surface area (Å²) in [6.45, 7) is 1.34. The van der Waals surface area contributed by atoms with E-state index in [0.717, 1.165) is 24.8 Å². The molecule has 3 rings (SSSR count). The Balaban J connectivity index is 1.79. The number of rotatable bonds is 9. The molecule has 1 aromatic heterocycles. The molecular weight excluding hydrogens is 408 g/mol. The van der Waals surface area contributed by atoms with Crippen LogP contribution in [-0.4, -0.2) is 20.8 Å². The van der Waals surface area contributed by atoms with Gasteiger partial charge in [-0.05, 0) is 55.0 Å². The van der Waals surface area contributed by atoms with Crippen molar-refractivity contribution in [1.82, 2.24) is 9.97 Å². The Morgan fingerprint density at radius 3 is 2.41 bits per heavy atom. The van der Waals surface area contributed by atoms with E-state index in [1.54, 1.807) is 24.3 Å². The Morgan fingerprint density at radius 2 is 1.75 bits per heavy atom. The number of carbonyl (C=O) groups excluding carboxylic acids is 1. The van der Waals surface area contributed by atoms with E-state index in [1.807, 2.05) is 18.2 Å². The zero-order chi connectivity index (χ0) is 22.9. The minimum absolute atomic E-state index is 0.00322. The number of nitro benzene ring substituents is 1. The van der Waals surface area contributed by atoms with Gasteiger partial charge in [-0.15, -0.1) is 0 Å². The predicted octanol–water partition coefficient (Wildman–Crippen LogP) is 4.37. The van der Waals surface area contributed by atoms with Gasteiger partial charge in [-0.2, -0.15) is 0 Å². The lowest BCUT2D eigenvalue weighted by atomic mass is 10.0. The highest BCUT2D eigenvalue weighted by molar-refractivity contribution is 5.86. The number of nitro groups is 1. The first-order valence-electron chi connectivity index (χ1n) is 10.3. The quantitative estimate of drug-likeness (QED) is 0.296. The number of nitrogens with one attached hydrogen (secondary N) is 2. The highest BCUT2D eigenvalue weighted by atomic mass is 16.6. The van der Waals surface area contributed by atoms with Crippen molar-refractivity contribution in [3.63, 3.8) is 0 Å². The Morgan fingerprint density at radius 1 is 1.06 bits per heavy atom. The molecule has 0 spiro atoms. The summed E-state index contributed by atoms with van der Waals surface area (Å²) < 4.78 is 0. The number of carbonyl (C=O) groups is 1. The molecule has 164 valence electrons. The molecule has 32 heavy (non-hydrogen) atoms. The van der Waals surface area contributed by atoms with Crippen molar-refractivity contribution < 1.29 is 9.72 Å². The average molecular weight is 432 g/mol. The summed E-state index contributed by atoms with van der Waals surface area (Å²) in [5, 5.41) is 13.3. The lowest BCUT2D eigenvalue weighted by molar-refractivity contribution is -0.384. The second-order valence-corrected chi connectivity index (χ2v) is 7.33. The first kappa shape index (κ1) is 22.6. The first-order chi connectivity index (χ1) is 15.4. The Hall–Kier alpha value is -4.07. The Labute approximate surface area is 185 Å². The lowest BCUT2D eigenvalue weighted by Gasteiger charge is -2.08.